The molecular formula is C24H21N5O2S3. The summed E-state index contributed by atoms with van der Waals surface area (Å²) in [4.78, 5) is 30.8. The normalized spacial score (nSPS) is 15.5. The zero-order valence-corrected chi connectivity index (χ0v) is 20.9. The summed E-state index contributed by atoms with van der Waals surface area (Å²) in [6, 6.07) is 13.7. The molecule has 0 saturated heterocycles. The molecule has 0 aliphatic carbocycles. The minimum Gasteiger partial charge on any atom is -0.353 e. The summed E-state index contributed by atoms with van der Waals surface area (Å²) in [6.07, 6.45) is 1.62. The molecule has 2 amide bonds. The highest BCUT2D eigenvalue weighted by Gasteiger charge is 2.35. The summed E-state index contributed by atoms with van der Waals surface area (Å²) in [7, 11) is 0. The van der Waals surface area contributed by atoms with Gasteiger partial charge in [-0.15, -0.1) is 22.7 Å². The number of carbonyl (C=O) groups excluding carboxylic acids is 2. The molecule has 34 heavy (non-hydrogen) atoms. The van der Waals surface area contributed by atoms with Crippen molar-refractivity contribution < 1.29 is 9.59 Å². The monoisotopic (exact) mass is 507 g/mol. The summed E-state index contributed by atoms with van der Waals surface area (Å²) in [6.45, 7) is 3.75. The van der Waals surface area contributed by atoms with E-state index in [-0.39, 0.29) is 17.6 Å². The van der Waals surface area contributed by atoms with Gasteiger partial charge in [0, 0.05) is 33.4 Å². The Hall–Kier alpha value is -3.39. The minimum absolute atomic E-state index is 0.0995. The van der Waals surface area contributed by atoms with Crippen molar-refractivity contribution in [1.82, 2.24) is 10.3 Å². The number of aryl methyl sites for hydroxylation is 1. The molecule has 0 saturated carbocycles. The largest absolute Gasteiger partial charge is 0.353 e. The molecule has 0 fully saturated rings. The predicted molar refractivity (Wildman–Crippen MR) is 139 cm³/mol. The number of carbonyl (C=O) groups is 2. The standard InChI is InChI=1S/C24H21N5O2S3/c1-14-6-3-4-7-17(14)28-22(31)20-15(2)27-23(16(12-25)21(20)18-8-5-10-32-18)34-13-19(30)29-24-26-9-11-33-24/h3-11,21,27H,13H2,1-2H3,(H,28,31)(H,26,29,30)/t21-/m1/s1. The number of thioether (sulfide) groups is 1. The Kier molecular flexibility index (Phi) is 7.47. The molecule has 172 valence electrons. The Morgan fingerprint density at radius 1 is 1.15 bits per heavy atom. The van der Waals surface area contributed by atoms with Crippen molar-refractivity contribution >= 4 is 57.1 Å². The van der Waals surface area contributed by atoms with Gasteiger partial charge in [0.2, 0.25) is 5.91 Å². The number of amides is 2. The number of para-hydroxylation sites is 1. The number of nitrogens with one attached hydrogen (secondary N) is 3. The lowest BCUT2D eigenvalue weighted by Gasteiger charge is -2.29. The molecule has 3 N–H and O–H groups in total. The number of thiophene rings is 1. The van der Waals surface area contributed by atoms with Gasteiger partial charge in [-0.2, -0.15) is 5.26 Å². The number of anilines is 2. The molecule has 4 rings (SSSR count). The van der Waals surface area contributed by atoms with Gasteiger partial charge in [0.1, 0.15) is 0 Å². The molecule has 0 radical (unpaired) electrons. The molecule has 3 heterocycles. The highest BCUT2D eigenvalue weighted by atomic mass is 32.2. The smallest absolute Gasteiger partial charge is 0.254 e. The van der Waals surface area contributed by atoms with Crippen molar-refractivity contribution in [2.45, 2.75) is 19.8 Å². The maximum Gasteiger partial charge on any atom is 0.254 e. The molecule has 1 aromatic carbocycles. The number of allylic oxidation sites excluding steroid dienone is 2. The van der Waals surface area contributed by atoms with Gasteiger partial charge in [-0.25, -0.2) is 4.98 Å². The van der Waals surface area contributed by atoms with Crippen molar-refractivity contribution in [3.63, 3.8) is 0 Å². The van der Waals surface area contributed by atoms with Gasteiger partial charge < -0.3 is 16.0 Å². The fraction of sp³-hybridized carbons (Fsp3) is 0.167. The zero-order valence-electron chi connectivity index (χ0n) is 18.4. The van der Waals surface area contributed by atoms with Gasteiger partial charge in [-0.05, 0) is 36.9 Å². The van der Waals surface area contributed by atoms with E-state index in [0.717, 1.165) is 16.1 Å². The number of dihydropyridines is 1. The average molecular weight is 508 g/mol. The third kappa shape index (κ3) is 5.22. The van der Waals surface area contributed by atoms with Crippen LogP contribution < -0.4 is 16.0 Å². The van der Waals surface area contributed by atoms with E-state index in [1.54, 1.807) is 11.6 Å². The average Bonchev–Trinajstić information content (AvgIpc) is 3.53. The van der Waals surface area contributed by atoms with E-state index < -0.39 is 5.92 Å². The predicted octanol–water partition coefficient (Wildman–Crippen LogP) is 5.22. The summed E-state index contributed by atoms with van der Waals surface area (Å²) in [5.41, 5.74) is 3.21. The van der Waals surface area contributed by atoms with Crippen LogP contribution in [0.4, 0.5) is 10.8 Å². The summed E-state index contributed by atoms with van der Waals surface area (Å²) in [5, 5.41) is 23.9. The van der Waals surface area contributed by atoms with Gasteiger partial charge in [0.25, 0.3) is 5.91 Å². The van der Waals surface area contributed by atoms with E-state index in [1.807, 2.05) is 55.6 Å². The number of aromatic nitrogens is 1. The highest BCUT2D eigenvalue weighted by molar-refractivity contribution is 8.03. The Morgan fingerprint density at radius 2 is 1.97 bits per heavy atom. The molecule has 1 aliphatic rings. The van der Waals surface area contributed by atoms with E-state index in [4.69, 9.17) is 0 Å². The quantitative estimate of drug-likeness (QED) is 0.405. The molecule has 0 spiro atoms. The Labute approximate surface area is 209 Å². The van der Waals surface area contributed by atoms with Crippen LogP contribution in [-0.4, -0.2) is 22.6 Å². The number of hydrogen-bond donors (Lipinski definition) is 3. The number of nitrogens with zero attached hydrogens (tertiary/aromatic N) is 2. The molecule has 1 aliphatic heterocycles. The van der Waals surface area contributed by atoms with Crippen LogP contribution in [0.25, 0.3) is 0 Å². The van der Waals surface area contributed by atoms with Gasteiger partial charge in [0.05, 0.1) is 28.3 Å². The molecule has 0 unspecified atom stereocenters. The SMILES string of the molecule is CC1=C(C(=O)Nc2ccccc2C)[C@@H](c2cccs2)C(C#N)=C(SCC(=O)Nc2nccs2)N1. The maximum absolute atomic E-state index is 13.4. The summed E-state index contributed by atoms with van der Waals surface area (Å²) >= 11 is 4.06. The maximum atomic E-state index is 13.4. The topological polar surface area (TPSA) is 107 Å². The highest BCUT2D eigenvalue weighted by Crippen LogP contribution is 2.42. The van der Waals surface area contributed by atoms with Crippen LogP contribution in [0.5, 0.6) is 0 Å². The summed E-state index contributed by atoms with van der Waals surface area (Å²) in [5.74, 6) is -0.915. The van der Waals surface area contributed by atoms with Crippen LogP contribution in [-0.2, 0) is 9.59 Å². The van der Waals surface area contributed by atoms with Crippen LogP contribution in [0.3, 0.4) is 0 Å². The Balaban J connectivity index is 1.61. The van der Waals surface area contributed by atoms with Crippen molar-refractivity contribution in [3.05, 3.63) is 85.7 Å². The fourth-order valence-corrected chi connectivity index (χ4v) is 5.83. The van der Waals surface area contributed by atoms with Crippen molar-refractivity contribution in [2.24, 2.45) is 0 Å². The van der Waals surface area contributed by atoms with Crippen molar-refractivity contribution in [3.8, 4) is 6.07 Å². The van der Waals surface area contributed by atoms with Crippen LogP contribution in [0.1, 0.15) is 23.3 Å². The third-order valence-electron chi connectivity index (χ3n) is 5.14. The lowest BCUT2D eigenvalue weighted by atomic mass is 9.86. The minimum atomic E-state index is -0.528. The Morgan fingerprint density at radius 3 is 2.65 bits per heavy atom. The first-order valence-electron chi connectivity index (χ1n) is 10.3. The number of thiazole rings is 1. The summed E-state index contributed by atoms with van der Waals surface area (Å²) < 4.78 is 0. The van der Waals surface area contributed by atoms with E-state index in [2.05, 4.69) is 27.0 Å². The van der Waals surface area contributed by atoms with Crippen molar-refractivity contribution in [1.29, 1.82) is 5.26 Å². The van der Waals surface area contributed by atoms with Crippen LogP contribution in [0.15, 0.2) is 75.2 Å². The van der Waals surface area contributed by atoms with Crippen molar-refractivity contribution in [2.75, 3.05) is 16.4 Å². The van der Waals surface area contributed by atoms with Gasteiger partial charge in [-0.3, -0.25) is 9.59 Å². The number of hydrogen-bond acceptors (Lipinski definition) is 8. The molecule has 10 heteroatoms. The first kappa shape index (κ1) is 23.8. The van der Waals surface area contributed by atoms with Crippen LogP contribution in [0, 0.1) is 18.3 Å². The first-order chi connectivity index (χ1) is 16.5. The second-order valence-electron chi connectivity index (χ2n) is 7.41. The second kappa shape index (κ2) is 10.7. The van der Waals surface area contributed by atoms with E-state index in [0.29, 0.717) is 27.0 Å². The van der Waals surface area contributed by atoms with E-state index >= 15 is 0 Å². The fourth-order valence-electron chi connectivity index (χ4n) is 3.55. The zero-order chi connectivity index (χ0) is 24.1. The number of benzene rings is 1. The third-order valence-corrected chi connectivity index (χ3v) is 7.78. The molecule has 0 bridgehead atoms. The lowest BCUT2D eigenvalue weighted by Crippen LogP contribution is -2.31. The van der Waals surface area contributed by atoms with Gasteiger partial charge >= 0.3 is 0 Å². The first-order valence-corrected chi connectivity index (χ1v) is 13.1. The lowest BCUT2D eigenvalue weighted by molar-refractivity contribution is -0.114. The molecule has 3 aromatic rings. The molecular weight excluding hydrogens is 486 g/mol. The van der Waals surface area contributed by atoms with E-state index in [9.17, 15) is 14.9 Å². The van der Waals surface area contributed by atoms with Gasteiger partial charge in [0.15, 0.2) is 5.13 Å². The van der Waals surface area contributed by atoms with Crippen LogP contribution >= 0.6 is 34.4 Å². The number of rotatable bonds is 7. The van der Waals surface area contributed by atoms with E-state index in [1.165, 1.54) is 34.4 Å². The second-order valence-corrected chi connectivity index (χ2v) is 10.3. The van der Waals surface area contributed by atoms with Crippen LogP contribution in [0.2, 0.25) is 0 Å². The number of nitriles is 1. The molecule has 1 atom stereocenters. The molecule has 7 nitrogen and oxygen atoms in total. The van der Waals surface area contributed by atoms with Gasteiger partial charge in [-0.1, -0.05) is 36.0 Å². The Bertz CT molecular complexity index is 1300. The molecule has 2 aromatic heterocycles.